The maximum absolute atomic E-state index is 14.2. The molecule has 0 aromatic heterocycles. The number of amides is 2. The number of sulfonamides is 1. The maximum atomic E-state index is 14.2. The van der Waals surface area contributed by atoms with E-state index in [2.05, 4.69) is 19.2 Å². The van der Waals surface area contributed by atoms with Crippen molar-refractivity contribution in [3.8, 4) is 0 Å². The molecule has 2 amide bonds. The number of hydrogen-bond acceptors (Lipinski definition) is 4. The van der Waals surface area contributed by atoms with Crippen LogP contribution >= 0.6 is 23.2 Å². The van der Waals surface area contributed by atoms with Crippen molar-refractivity contribution < 1.29 is 18.0 Å². The zero-order chi connectivity index (χ0) is 32.0. The van der Waals surface area contributed by atoms with E-state index < -0.39 is 28.5 Å². The lowest BCUT2D eigenvalue weighted by Gasteiger charge is -2.33. The monoisotopic (exact) mass is 657 g/mol. The minimum atomic E-state index is -4.14. The van der Waals surface area contributed by atoms with Crippen molar-refractivity contribution in [2.75, 3.05) is 10.8 Å². The molecule has 0 radical (unpaired) electrons. The van der Waals surface area contributed by atoms with E-state index in [1.807, 2.05) is 19.1 Å². The normalized spacial score (nSPS) is 14.7. The van der Waals surface area contributed by atoms with Gasteiger partial charge in [-0.3, -0.25) is 13.9 Å². The predicted molar refractivity (Wildman–Crippen MR) is 178 cm³/mol. The molecule has 1 fully saturated rings. The second kappa shape index (κ2) is 14.8. The topological polar surface area (TPSA) is 86.8 Å². The maximum Gasteiger partial charge on any atom is 0.264 e. The van der Waals surface area contributed by atoms with E-state index in [1.54, 1.807) is 61.5 Å². The number of carbonyl (C=O) groups is 2. The average Bonchev–Trinajstić information content (AvgIpc) is 3.00. The first kappa shape index (κ1) is 33.8. The Morgan fingerprint density at radius 3 is 2.11 bits per heavy atom. The van der Waals surface area contributed by atoms with Crippen LogP contribution < -0.4 is 9.62 Å². The molecule has 0 bridgehead atoms. The highest BCUT2D eigenvalue weighted by atomic mass is 35.5. The first-order valence-electron chi connectivity index (χ1n) is 15.1. The highest BCUT2D eigenvalue weighted by Gasteiger charge is 2.33. The highest BCUT2D eigenvalue weighted by Crippen LogP contribution is 2.28. The van der Waals surface area contributed by atoms with Gasteiger partial charge < -0.3 is 10.2 Å². The molecular weight excluding hydrogens is 617 g/mol. The molecule has 1 atom stereocenters. The van der Waals surface area contributed by atoms with E-state index in [0.29, 0.717) is 21.3 Å². The Hall–Kier alpha value is -3.07. The van der Waals surface area contributed by atoms with Gasteiger partial charge in [-0.15, -0.1) is 0 Å². The van der Waals surface area contributed by atoms with Crippen molar-refractivity contribution in [2.45, 2.75) is 89.2 Å². The highest BCUT2D eigenvalue weighted by molar-refractivity contribution is 7.92. The number of carbonyl (C=O) groups excluding carboxylic acids is 2. The summed E-state index contributed by atoms with van der Waals surface area (Å²) in [5, 5.41) is 3.81. The fraction of sp³-hybridized carbons (Fsp3) is 0.412. The Bertz CT molecular complexity index is 1550. The molecule has 1 aliphatic rings. The molecule has 7 nitrogen and oxygen atoms in total. The van der Waals surface area contributed by atoms with Gasteiger partial charge in [-0.1, -0.05) is 92.2 Å². The second-order valence-corrected chi connectivity index (χ2v) is 14.5. The fourth-order valence-electron chi connectivity index (χ4n) is 5.38. The molecule has 3 aromatic rings. The number of aryl methyl sites for hydroxylation is 1. The summed E-state index contributed by atoms with van der Waals surface area (Å²) in [4.78, 5) is 29.2. The van der Waals surface area contributed by atoms with Crippen LogP contribution in [-0.4, -0.2) is 43.8 Å². The molecule has 3 aromatic carbocycles. The molecule has 4 rings (SSSR count). The van der Waals surface area contributed by atoms with Gasteiger partial charge >= 0.3 is 0 Å². The molecule has 1 saturated carbocycles. The number of nitrogens with one attached hydrogen (secondary N) is 1. The summed E-state index contributed by atoms with van der Waals surface area (Å²) < 4.78 is 29.3. The zero-order valence-electron chi connectivity index (χ0n) is 25.7. The molecule has 0 saturated heterocycles. The summed E-state index contributed by atoms with van der Waals surface area (Å²) in [6, 6.07) is 17.9. The first-order valence-corrected chi connectivity index (χ1v) is 17.3. The Kier molecular flexibility index (Phi) is 11.4. The Labute approximate surface area is 271 Å². The van der Waals surface area contributed by atoms with Gasteiger partial charge in [0.1, 0.15) is 12.6 Å². The largest absolute Gasteiger partial charge is 0.352 e. The Morgan fingerprint density at radius 1 is 0.886 bits per heavy atom. The lowest BCUT2D eigenvalue weighted by molar-refractivity contribution is -0.139. The van der Waals surface area contributed by atoms with Gasteiger partial charge in [-0.25, -0.2) is 8.42 Å². The van der Waals surface area contributed by atoms with Crippen LogP contribution in [0.15, 0.2) is 71.6 Å². The molecule has 1 N–H and O–H groups in total. The van der Waals surface area contributed by atoms with Crippen LogP contribution in [0.5, 0.6) is 0 Å². The zero-order valence-corrected chi connectivity index (χ0v) is 28.1. The van der Waals surface area contributed by atoms with Crippen LogP contribution in [0.4, 0.5) is 5.69 Å². The third kappa shape index (κ3) is 8.34. The smallest absolute Gasteiger partial charge is 0.264 e. The fourth-order valence-corrected chi connectivity index (χ4v) is 7.11. The average molecular weight is 659 g/mol. The van der Waals surface area contributed by atoms with Crippen LogP contribution in [0.3, 0.4) is 0 Å². The van der Waals surface area contributed by atoms with E-state index in [9.17, 15) is 18.0 Å². The summed E-state index contributed by atoms with van der Waals surface area (Å²) in [6.45, 7) is 7.20. The molecule has 0 spiro atoms. The summed E-state index contributed by atoms with van der Waals surface area (Å²) in [7, 11) is -4.14. The van der Waals surface area contributed by atoms with Gasteiger partial charge in [0, 0.05) is 12.6 Å². The molecule has 0 unspecified atom stereocenters. The van der Waals surface area contributed by atoms with Crippen LogP contribution in [0.2, 0.25) is 10.0 Å². The lowest BCUT2D eigenvalue weighted by atomic mass is 9.95. The minimum Gasteiger partial charge on any atom is -0.352 e. The summed E-state index contributed by atoms with van der Waals surface area (Å²) >= 11 is 12.4. The standard InChI is InChI=1S/C34H41Cl2N3O4S/c1-23(2)27-13-15-29(16-14-27)39(44(42,43)30-17-10-24(3)11-18-30)22-33(40)38(21-26-12-19-31(35)32(36)20-26)25(4)34(41)37-28-8-6-5-7-9-28/h10-20,23,25,28H,5-9,21-22H2,1-4H3,(H,37,41)/t25-/m0/s1. The van der Waals surface area contributed by atoms with Gasteiger partial charge in [0.05, 0.1) is 20.6 Å². The first-order chi connectivity index (χ1) is 20.9. The second-order valence-electron chi connectivity index (χ2n) is 11.9. The van der Waals surface area contributed by atoms with Crippen molar-refractivity contribution in [1.29, 1.82) is 0 Å². The molecule has 0 aliphatic heterocycles. The SMILES string of the molecule is Cc1ccc(S(=O)(=O)N(CC(=O)N(Cc2ccc(Cl)c(Cl)c2)[C@@H](C)C(=O)NC2CCCCC2)c2ccc(C(C)C)cc2)cc1. The number of halogens is 2. The van der Waals surface area contributed by atoms with Gasteiger partial charge in [-0.05, 0) is 80.1 Å². The van der Waals surface area contributed by atoms with Crippen molar-refractivity contribution in [1.82, 2.24) is 10.2 Å². The number of nitrogens with zero attached hydrogens (tertiary/aromatic N) is 2. The number of anilines is 1. The third-order valence-corrected chi connectivity index (χ3v) is 10.7. The Morgan fingerprint density at radius 2 is 1.52 bits per heavy atom. The van der Waals surface area contributed by atoms with Crippen molar-refractivity contribution in [3.05, 3.63) is 93.5 Å². The lowest BCUT2D eigenvalue weighted by Crippen LogP contribution is -2.53. The van der Waals surface area contributed by atoms with Crippen LogP contribution in [0, 0.1) is 6.92 Å². The summed E-state index contributed by atoms with van der Waals surface area (Å²) in [6.07, 6.45) is 5.04. The third-order valence-electron chi connectivity index (χ3n) is 8.19. The number of hydrogen-bond donors (Lipinski definition) is 1. The van der Waals surface area contributed by atoms with Crippen molar-refractivity contribution in [3.63, 3.8) is 0 Å². The quantitative estimate of drug-likeness (QED) is 0.231. The van der Waals surface area contributed by atoms with E-state index >= 15 is 0 Å². The molecule has 1 aliphatic carbocycles. The molecule has 44 heavy (non-hydrogen) atoms. The van der Waals surface area contributed by atoms with E-state index in [-0.39, 0.29) is 29.3 Å². The van der Waals surface area contributed by atoms with Crippen molar-refractivity contribution >= 4 is 50.7 Å². The van der Waals surface area contributed by atoms with Crippen molar-refractivity contribution in [2.24, 2.45) is 0 Å². The van der Waals surface area contributed by atoms with Crippen LogP contribution in [0.1, 0.15) is 75.5 Å². The van der Waals surface area contributed by atoms with Gasteiger partial charge in [0.15, 0.2) is 0 Å². The number of benzene rings is 3. The molecule has 236 valence electrons. The summed E-state index contributed by atoms with van der Waals surface area (Å²) in [5.41, 5.74) is 2.98. The molecule has 0 heterocycles. The van der Waals surface area contributed by atoms with Gasteiger partial charge in [-0.2, -0.15) is 0 Å². The van der Waals surface area contributed by atoms with E-state index in [1.165, 1.54) is 4.90 Å². The summed E-state index contributed by atoms with van der Waals surface area (Å²) in [5.74, 6) is -0.552. The predicted octanol–water partition coefficient (Wildman–Crippen LogP) is 7.49. The van der Waals surface area contributed by atoms with Gasteiger partial charge in [0.25, 0.3) is 10.0 Å². The van der Waals surface area contributed by atoms with E-state index in [0.717, 1.165) is 47.5 Å². The number of rotatable bonds is 11. The molecular formula is C34H41Cl2N3O4S. The molecule has 10 heteroatoms. The van der Waals surface area contributed by atoms with Gasteiger partial charge in [0.2, 0.25) is 11.8 Å². The van der Waals surface area contributed by atoms with Crippen LogP contribution in [0.25, 0.3) is 0 Å². The Balaban J connectivity index is 1.70. The minimum absolute atomic E-state index is 0.0414. The van der Waals surface area contributed by atoms with Crippen LogP contribution in [-0.2, 0) is 26.2 Å². The van der Waals surface area contributed by atoms with E-state index in [4.69, 9.17) is 23.2 Å².